The smallest absolute Gasteiger partial charge is 0.130 e. The van der Waals surface area contributed by atoms with Crippen molar-refractivity contribution in [2.45, 2.75) is 33.1 Å². The Bertz CT molecular complexity index is 935. The molecule has 25 heavy (non-hydrogen) atoms. The van der Waals surface area contributed by atoms with Crippen LogP contribution in [0.4, 0.5) is 5.82 Å². The molecule has 1 N–H and O–H groups in total. The van der Waals surface area contributed by atoms with Crippen LogP contribution >= 0.6 is 0 Å². The minimum atomic E-state index is 0.801. The number of pyridine rings is 1. The molecule has 0 fully saturated rings. The Morgan fingerprint density at radius 1 is 1.12 bits per heavy atom. The fourth-order valence-corrected chi connectivity index (χ4v) is 3.67. The number of aromatic nitrogens is 1. The molecule has 3 heteroatoms. The molecule has 0 aliphatic heterocycles. The number of rotatable bonds is 4. The lowest BCUT2D eigenvalue weighted by Gasteiger charge is -2.12. The zero-order valence-electron chi connectivity index (χ0n) is 14.7. The normalized spacial score (nSPS) is 12.9. The third-order valence-corrected chi connectivity index (χ3v) is 4.90. The molecular weight excluding hydrogens is 308 g/mol. The van der Waals surface area contributed by atoms with E-state index in [2.05, 4.69) is 42.0 Å². The van der Waals surface area contributed by atoms with Gasteiger partial charge in [0.1, 0.15) is 17.3 Å². The molecule has 1 aliphatic carbocycles. The molecule has 2 heterocycles. The van der Waals surface area contributed by atoms with E-state index < -0.39 is 0 Å². The summed E-state index contributed by atoms with van der Waals surface area (Å²) in [7, 11) is 0. The first-order valence-electron chi connectivity index (χ1n) is 8.73. The summed E-state index contributed by atoms with van der Waals surface area (Å²) in [4.78, 5) is 4.58. The summed E-state index contributed by atoms with van der Waals surface area (Å²) < 4.78 is 5.92. The number of fused-ring (bicyclic) bond motifs is 1. The van der Waals surface area contributed by atoms with Crippen molar-refractivity contribution in [2.24, 2.45) is 0 Å². The third-order valence-electron chi connectivity index (χ3n) is 4.90. The first kappa shape index (κ1) is 15.7. The van der Waals surface area contributed by atoms with Crippen LogP contribution in [0.25, 0.3) is 16.8 Å². The molecule has 1 aromatic carbocycles. The molecule has 0 spiro atoms. The van der Waals surface area contributed by atoms with E-state index in [1.807, 2.05) is 31.3 Å². The number of nitrogens with zero attached hydrogens (tertiary/aromatic N) is 1. The number of nitrogens with one attached hydrogen (secondary N) is 1. The van der Waals surface area contributed by atoms with Gasteiger partial charge in [-0.15, -0.1) is 0 Å². The molecule has 0 saturated heterocycles. The average Bonchev–Trinajstić information content (AvgIpc) is 3.16. The van der Waals surface area contributed by atoms with E-state index in [0.29, 0.717) is 0 Å². The van der Waals surface area contributed by atoms with Crippen molar-refractivity contribution < 1.29 is 4.42 Å². The summed E-state index contributed by atoms with van der Waals surface area (Å²) in [5.41, 5.74) is 6.88. The highest BCUT2D eigenvalue weighted by atomic mass is 16.3. The Labute approximate surface area is 148 Å². The van der Waals surface area contributed by atoms with Crippen LogP contribution in [0.3, 0.4) is 0 Å². The van der Waals surface area contributed by atoms with Gasteiger partial charge in [-0.3, -0.25) is 0 Å². The van der Waals surface area contributed by atoms with Crippen LogP contribution in [0.5, 0.6) is 0 Å². The van der Waals surface area contributed by atoms with Crippen LogP contribution < -0.4 is 5.32 Å². The number of aryl methyl sites for hydroxylation is 3. The number of furan rings is 1. The topological polar surface area (TPSA) is 38.1 Å². The number of hydrogen-bond donors (Lipinski definition) is 1. The van der Waals surface area contributed by atoms with Crippen molar-refractivity contribution in [3.63, 3.8) is 0 Å². The Hall–Kier alpha value is -2.81. The van der Waals surface area contributed by atoms with Gasteiger partial charge in [-0.1, -0.05) is 30.8 Å². The standard InChI is InChI=1S/C22H22N2O/c1-14-7-4-5-8-18(14)15(2)24-21-12-11-17(13-23-21)22-16(3)25-20-10-6-9-19(20)22/h4-5,7-8,11-13H,2,6,9-10H2,1,3H3,(H,23,24). The van der Waals surface area contributed by atoms with Gasteiger partial charge in [0.25, 0.3) is 0 Å². The van der Waals surface area contributed by atoms with Crippen molar-refractivity contribution in [1.82, 2.24) is 4.98 Å². The van der Waals surface area contributed by atoms with Gasteiger partial charge in [-0.05, 0) is 44.4 Å². The fraction of sp³-hybridized carbons (Fsp3) is 0.227. The Morgan fingerprint density at radius 2 is 1.96 bits per heavy atom. The molecule has 4 rings (SSSR count). The zero-order chi connectivity index (χ0) is 17.4. The molecule has 2 aromatic heterocycles. The van der Waals surface area contributed by atoms with Crippen molar-refractivity contribution >= 4 is 11.5 Å². The second-order valence-electron chi connectivity index (χ2n) is 6.64. The Kier molecular flexibility index (Phi) is 3.92. The van der Waals surface area contributed by atoms with Crippen LogP contribution in [-0.4, -0.2) is 4.98 Å². The number of anilines is 1. The van der Waals surface area contributed by atoms with E-state index in [-0.39, 0.29) is 0 Å². The summed E-state index contributed by atoms with van der Waals surface area (Å²) in [5, 5.41) is 3.31. The average molecular weight is 330 g/mol. The lowest BCUT2D eigenvalue weighted by Crippen LogP contribution is -2.01. The maximum Gasteiger partial charge on any atom is 0.130 e. The van der Waals surface area contributed by atoms with Gasteiger partial charge in [0.05, 0.1) is 0 Å². The fourth-order valence-electron chi connectivity index (χ4n) is 3.67. The Morgan fingerprint density at radius 3 is 2.72 bits per heavy atom. The SMILES string of the molecule is C=C(Nc1ccc(-c2c(C)oc3c2CCC3)cn1)c1ccccc1C. The van der Waals surface area contributed by atoms with E-state index in [1.165, 1.54) is 23.1 Å². The van der Waals surface area contributed by atoms with E-state index in [1.54, 1.807) is 0 Å². The molecule has 1 aliphatic rings. The maximum absolute atomic E-state index is 5.92. The summed E-state index contributed by atoms with van der Waals surface area (Å²) in [5.74, 6) is 2.95. The van der Waals surface area contributed by atoms with E-state index >= 15 is 0 Å². The van der Waals surface area contributed by atoms with Gasteiger partial charge in [0, 0.05) is 40.6 Å². The van der Waals surface area contributed by atoms with Gasteiger partial charge < -0.3 is 9.73 Å². The summed E-state index contributed by atoms with van der Waals surface area (Å²) in [6, 6.07) is 12.3. The molecule has 0 amide bonds. The van der Waals surface area contributed by atoms with E-state index in [9.17, 15) is 0 Å². The molecule has 3 aromatic rings. The predicted molar refractivity (Wildman–Crippen MR) is 103 cm³/mol. The van der Waals surface area contributed by atoms with E-state index in [0.717, 1.165) is 47.0 Å². The van der Waals surface area contributed by atoms with Crippen molar-refractivity contribution in [3.05, 3.63) is 77.4 Å². The predicted octanol–water partition coefficient (Wildman–Crippen LogP) is 5.53. The van der Waals surface area contributed by atoms with Gasteiger partial charge in [-0.25, -0.2) is 4.98 Å². The van der Waals surface area contributed by atoms with Crippen LogP contribution in [0.15, 0.2) is 53.6 Å². The van der Waals surface area contributed by atoms with Crippen LogP contribution in [-0.2, 0) is 12.8 Å². The van der Waals surface area contributed by atoms with Gasteiger partial charge >= 0.3 is 0 Å². The Balaban J connectivity index is 1.57. The second kappa shape index (κ2) is 6.25. The summed E-state index contributed by atoms with van der Waals surface area (Å²) >= 11 is 0. The second-order valence-corrected chi connectivity index (χ2v) is 6.64. The molecule has 0 unspecified atom stereocenters. The summed E-state index contributed by atoms with van der Waals surface area (Å²) in [6.07, 6.45) is 5.26. The number of hydrogen-bond acceptors (Lipinski definition) is 3. The molecule has 0 saturated carbocycles. The lowest BCUT2D eigenvalue weighted by atomic mass is 10.0. The van der Waals surface area contributed by atoms with E-state index in [4.69, 9.17) is 4.42 Å². The van der Waals surface area contributed by atoms with Gasteiger partial charge in [0.2, 0.25) is 0 Å². The highest BCUT2D eigenvalue weighted by Gasteiger charge is 2.23. The van der Waals surface area contributed by atoms with Crippen molar-refractivity contribution in [2.75, 3.05) is 5.32 Å². The number of benzene rings is 1. The largest absolute Gasteiger partial charge is 0.465 e. The first-order valence-corrected chi connectivity index (χ1v) is 8.73. The highest BCUT2D eigenvalue weighted by Crippen LogP contribution is 2.37. The minimum Gasteiger partial charge on any atom is -0.465 e. The third kappa shape index (κ3) is 2.86. The van der Waals surface area contributed by atoms with Crippen LogP contribution in [0.1, 0.15) is 34.6 Å². The lowest BCUT2D eigenvalue weighted by molar-refractivity contribution is 0.489. The molecule has 0 radical (unpaired) electrons. The molecule has 0 atom stereocenters. The maximum atomic E-state index is 5.92. The monoisotopic (exact) mass is 330 g/mol. The molecule has 126 valence electrons. The zero-order valence-corrected chi connectivity index (χ0v) is 14.7. The molecular formula is C22H22N2O. The van der Waals surface area contributed by atoms with Gasteiger partial charge in [-0.2, -0.15) is 0 Å². The van der Waals surface area contributed by atoms with Crippen molar-refractivity contribution in [1.29, 1.82) is 0 Å². The van der Waals surface area contributed by atoms with Crippen molar-refractivity contribution in [3.8, 4) is 11.1 Å². The first-order chi connectivity index (χ1) is 12.1. The minimum absolute atomic E-state index is 0.801. The summed E-state index contributed by atoms with van der Waals surface area (Å²) in [6.45, 7) is 8.27. The highest BCUT2D eigenvalue weighted by molar-refractivity contribution is 5.77. The van der Waals surface area contributed by atoms with Gasteiger partial charge in [0.15, 0.2) is 0 Å². The van der Waals surface area contributed by atoms with Crippen LogP contribution in [0, 0.1) is 13.8 Å². The van der Waals surface area contributed by atoms with Crippen LogP contribution in [0.2, 0.25) is 0 Å². The molecule has 0 bridgehead atoms. The molecule has 3 nitrogen and oxygen atoms in total. The quantitative estimate of drug-likeness (QED) is 0.683.